The summed E-state index contributed by atoms with van der Waals surface area (Å²) in [5.74, 6) is 0.267. The molecule has 0 aromatic carbocycles. The van der Waals surface area contributed by atoms with E-state index in [1.54, 1.807) is 16.2 Å². The van der Waals surface area contributed by atoms with Crippen LogP contribution in [0.4, 0.5) is 0 Å². The van der Waals surface area contributed by atoms with Gasteiger partial charge in [0.1, 0.15) is 12.1 Å². The molecule has 2 atom stereocenters. The molecule has 3 rings (SSSR count). The van der Waals surface area contributed by atoms with Crippen LogP contribution in [0.25, 0.3) is 0 Å². The number of thiophene rings is 1. The molecule has 2 saturated heterocycles. The number of piperazine rings is 1. The summed E-state index contributed by atoms with van der Waals surface area (Å²) in [4.78, 5) is 30.2. The Labute approximate surface area is 137 Å². The standard InChI is InChI=1S/C15H19BrN2O2S/c1-2-12-14(19)17-6-4-3-5-13(17)15(20)18(12)8-11-7-10(16)9-21-11/h7,9,12-13H,2-6,8H2,1H3. The lowest BCUT2D eigenvalue weighted by atomic mass is 9.94. The van der Waals surface area contributed by atoms with Crippen molar-refractivity contribution in [2.75, 3.05) is 6.54 Å². The summed E-state index contributed by atoms with van der Waals surface area (Å²) in [6.45, 7) is 3.27. The van der Waals surface area contributed by atoms with E-state index in [1.807, 2.05) is 23.3 Å². The van der Waals surface area contributed by atoms with E-state index in [1.165, 1.54) is 0 Å². The molecule has 3 heterocycles. The normalized spacial score (nSPS) is 26.2. The average molecular weight is 371 g/mol. The number of halogens is 1. The van der Waals surface area contributed by atoms with Gasteiger partial charge in [0.05, 0.1) is 6.54 Å². The SMILES string of the molecule is CCC1C(=O)N2CCCCC2C(=O)N1Cc1cc(Br)cs1. The highest BCUT2D eigenvalue weighted by Gasteiger charge is 2.45. The summed E-state index contributed by atoms with van der Waals surface area (Å²) in [6, 6.07) is 1.51. The van der Waals surface area contributed by atoms with E-state index in [0.717, 1.165) is 35.2 Å². The average Bonchev–Trinajstić information content (AvgIpc) is 2.90. The van der Waals surface area contributed by atoms with Gasteiger partial charge in [0.25, 0.3) is 0 Å². The van der Waals surface area contributed by atoms with Crippen LogP contribution in [-0.2, 0) is 16.1 Å². The Hall–Kier alpha value is -0.880. The zero-order valence-electron chi connectivity index (χ0n) is 12.0. The molecule has 2 fully saturated rings. The number of fused-ring (bicyclic) bond motifs is 1. The van der Waals surface area contributed by atoms with E-state index in [9.17, 15) is 9.59 Å². The van der Waals surface area contributed by atoms with E-state index >= 15 is 0 Å². The summed E-state index contributed by atoms with van der Waals surface area (Å²) < 4.78 is 1.03. The number of amides is 2. The second kappa shape index (κ2) is 6.08. The van der Waals surface area contributed by atoms with Crippen molar-refractivity contribution in [3.05, 3.63) is 20.8 Å². The van der Waals surface area contributed by atoms with Crippen LogP contribution < -0.4 is 0 Å². The summed E-state index contributed by atoms with van der Waals surface area (Å²) in [7, 11) is 0. The van der Waals surface area contributed by atoms with Crippen LogP contribution in [0.15, 0.2) is 15.9 Å². The Balaban J connectivity index is 1.86. The lowest BCUT2D eigenvalue weighted by Gasteiger charge is -2.46. The first-order valence-corrected chi connectivity index (χ1v) is 9.13. The van der Waals surface area contributed by atoms with Gasteiger partial charge in [0.2, 0.25) is 11.8 Å². The largest absolute Gasteiger partial charge is 0.329 e. The molecule has 1 aromatic heterocycles. The fraction of sp³-hybridized carbons (Fsp3) is 0.600. The molecule has 2 aliphatic heterocycles. The minimum Gasteiger partial charge on any atom is -0.329 e. The van der Waals surface area contributed by atoms with Gasteiger partial charge in [-0.3, -0.25) is 9.59 Å². The third kappa shape index (κ3) is 2.75. The Morgan fingerprint density at radius 2 is 2.14 bits per heavy atom. The topological polar surface area (TPSA) is 40.6 Å². The van der Waals surface area contributed by atoms with Gasteiger partial charge in [0.15, 0.2) is 0 Å². The quantitative estimate of drug-likeness (QED) is 0.820. The Morgan fingerprint density at radius 1 is 1.33 bits per heavy atom. The summed E-state index contributed by atoms with van der Waals surface area (Å²) in [5, 5.41) is 2.01. The number of hydrogen-bond acceptors (Lipinski definition) is 3. The molecule has 114 valence electrons. The van der Waals surface area contributed by atoms with Gasteiger partial charge < -0.3 is 9.80 Å². The van der Waals surface area contributed by atoms with Crippen molar-refractivity contribution in [3.63, 3.8) is 0 Å². The van der Waals surface area contributed by atoms with Crippen molar-refractivity contribution < 1.29 is 9.59 Å². The molecule has 0 radical (unpaired) electrons. The first kappa shape index (κ1) is 15.0. The minimum atomic E-state index is -0.298. The zero-order valence-corrected chi connectivity index (χ0v) is 14.5. The van der Waals surface area contributed by atoms with Gasteiger partial charge in [0, 0.05) is 21.3 Å². The van der Waals surface area contributed by atoms with Gasteiger partial charge in [-0.15, -0.1) is 11.3 Å². The van der Waals surface area contributed by atoms with E-state index in [4.69, 9.17) is 0 Å². The number of nitrogens with zero attached hydrogens (tertiary/aromatic N) is 2. The molecular weight excluding hydrogens is 352 g/mol. The smallest absolute Gasteiger partial charge is 0.246 e. The number of rotatable bonds is 3. The van der Waals surface area contributed by atoms with Crippen LogP contribution in [0.2, 0.25) is 0 Å². The third-order valence-electron chi connectivity index (χ3n) is 4.35. The summed E-state index contributed by atoms with van der Waals surface area (Å²) >= 11 is 5.07. The van der Waals surface area contributed by atoms with Gasteiger partial charge in [-0.25, -0.2) is 0 Å². The molecule has 0 N–H and O–H groups in total. The molecule has 0 saturated carbocycles. The van der Waals surface area contributed by atoms with Gasteiger partial charge >= 0.3 is 0 Å². The maximum absolute atomic E-state index is 12.8. The molecule has 0 aliphatic carbocycles. The first-order valence-electron chi connectivity index (χ1n) is 7.45. The van der Waals surface area contributed by atoms with E-state index in [2.05, 4.69) is 15.9 Å². The maximum atomic E-state index is 12.8. The van der Waals surface area contributed by atoms with E-state index in [0.29, 0.717) is 13.0 Å². The van der Waals surface area contributed by atoms with Crippen molar-refractivity contribution in [1.82, 2.24) is 9.80 Å². The fourth-order valence-corrected chi connectivity index (χ4v) is 4.76. The highest BCUT2D eigenvalue weighted by molar-refractivity contribution is 9.10. The number of hydrogen-bond donors (Lipinski definition) is 0. The molecular formula is C15H19BrN2O2S. The fourth-order valence-electron chi connectivity index (χ4n) is 3.31. The van der Waals surface area contributed by atoms with Crippen molar-refractivity contribution in [2.24, 2.45) is 0 Å². The summed E-state index contributed by atoms with van der Waals surface area (Å²) in [6.07, 6.45) is 3.55. The molecule has 1 aromatic rings. The molecule has 2 aliphatic rings. The lowest BCUT2D eigenvalue weighted by Crippen LogP contribution is -2.65. The van der Waals surface area contributed by atoms with Crippen LogP contribution in [0.5, 0.6) is 0 Å². The molecule has 2 unspecified atom stereocenters. The third-order valence-corrected chi connectivity index (χ3v) is 6.03. The monoisotopic (exact) mass is 370 g/mol. The first-order chi connectivity index (χ1) is 10.1. The molecule has 4 nitrogen and oxygen atoms in total. The lowest BCUT2D eigenvalue weighted by molar-refractivity contribution is -0.164. The van der Waals surface area contributed by atoms with Gasteiger partial charge in [-0.1, -0.05) is 6.92 Å². The second-order valence-electron chi connectivity index (χ2n) is 5.66. The van der Waals surface area contributed by atoms with Crippen molar-refractivity contribution in [2.45, 2.75) is 51.2 Å². The highest BCUT2D eigenvalue weighted by Crippen LogP contribution is 2.30. The molecule has 6 heteroatoms. The van der Waals surface area contributed by atoms with Crippen molar-refractivity contribution in [1.29, 1.82) is 0 Å². The van der Waals surface area contributed by atoms with Crippen LogP contribution in [-0.4, -0.2) is 40.2 Å². The predicted octanol–water partition coefficient (Wildman–Crippen LogP) is 3.01. The van der Waals surface area contributed by atoms with E-state index < -0.39 is 0 Å². The zero-order chi connectivity index (χ0) is 15.0. The molecule has 21 heavy (non-hydrogen) atoms. The highest BCUT2D eigenvalue weighted by atomic mass is 79.9. The van der Waals surface area contributed by atoms with Crippen LogP contribution in [0.3, 0.4) is 0 Å². The van der Waals surface area contributed by atoms with Crippen molar-refractivity contribution >= 4 is 39.1 Å². The minimum absolute atomic E-state index is 0.130. The molecule has 0 spiro atoms. The summed E-state index contributed by atoms with van der Waals surface area (Å²) in [5.41, 5.74) is 0. The second-order valence-corrected chi connectivity index (χ2v) is 7.58. The van der Waals surface area contributed by atoms with Crippen LogP contribution in [0, 0.1) is 0 Å². The Bertz CT molecular complexity index is 560. The Morgan fingerprint density at radius 3 is 2.81 bits per heavy atom. The maximum Gasteiger partial charge on any atom is 0.246 e. The number of carbonyl (C=O) groups excluding carboxylic acids is 2. The van der Waals surface area contributed by atoms with Crippen molar-refractivity contribution in [3.8, 4) is 0 Å². The predicted molar refractivity (Wildman–Crippen MR) is 86.0 cm³/mol. The molecule has 2 amide bonds. The van der Waals surface area contributed by atoms with Gasteiger partial charge in [-0.2, -0.15) is 0 Å². The molecule has 0 bridgehead atoms. The van der Waals surface area contributed by atoms with E-state index in [-0.39, 0.29) is 23.9 Å². The van der Waals surface area contributed by atoms with Gasteiger partial charge in [-0.05, 0) is 47.7 Å². The van der Waals surface area contributed by atoms with Crippen LogP contribution in [0.1, 0.15) is 37.5 Å². The number of piperidine rings is 1. The number of carbonyl (C=O) groups is 2. The Kier molecular flexibility index (Phi) is 4.36. The van der Waals surface area contributed by atoms with Crippen LogP contribution >= 0.6 is 27.3 Å².